The monoisotopic (exact) mass is 312 g/mol. The lowest BCUT2D eigenvalue weighted by Crippen LogP contribution is -2.42. The van der Waals surface area contributed by atoms with Crippen LogP contribution in [-0.4, -0.2) is 64.8 Å². The highest BCUT2D eigenvalue weighted by atomic mass is 16.6. The molecule has 22 heavy (non-hydrogen) atoms. The van der Waals surface area contributed by atoms with Crippen molar-refractivity contribution in [2.75, 3.05) is 26.2 Å². The molecule has 2 aliphatic rings. The van der Waals surface area contributed by atoms with Gasteiger partial charge < -0.3 is 19.6 Å². The molecule has 0 radical (unpaired) electrons. The summed E-state index contributed by atoms with van der Waals surface area (Å²) in [6.45, 7) is 8.24. The number of aliphatic hydroxyl groups excluding tert-OH is 1. The van der Waals surface area contributed by atoms with Crippen LogP contribution in [0.15, 0.2) is 0 Å². The van der Waals surface area contributed by atoms with E-state index >= 15 is 0 Å². The van der Waals surface area contributed by atoms with Gasteiger partial charge in [0.15, 0.2) is 0 Å². The number of carbonyl (C=O) groups is 2. The maximum atomic E-state index is 12.0. The van der Waals surface area contributed by atoms with E-state index in [0.717, 1.165) is 32.4 Å². The lowest BCUT2D eigenvalue weighted by molar-refractivity contribution is -0.127. The van der Waals surface area contributed by atoms with E-state index in [4.69, 9.17) is 4.74 Å². The third kappa shape index (κ3) is 4.87. The van der Waals surface area contributed by atoms with Gasteiger partial charge in [-0.15, -0.1) is 0 Å². The Morgan fingerprint density at radius 1 is 1.32 bits per heavy atom. The summed E-state index contributed by atoms with van der Waals surface area (Å²) in [5.41, 5.74) is -0.453. The zero-order valence-corrected chi connectivity index (χ0v) is 13.9. The van der Waals surface area contributed by atoms with Crippen LogP contribution in [0.2, 0.25) is 0 Å². The zero-order valence-electron chi connectivity index (χ0n) is 13.9. The Labute approximate surface area is 132 Å². The molecule has 126 valence electrons. The number of carbonyl (C=O) groups excluding carboxylic acids is 2. The summed E-state index contributed by atoms with van der Waals surface area (Å²) < 4.78 is 5.39. The predicted octanol–water partition coefficient (Wildman–Crippen LogP) is 1.62. The Hall–Kier alpha value is -1.30. The van der Waals surface area contributed by atoms with Crippen molar-refractivity contribution in [3.63, 3.8) is 0 Å². The van der Waals surface area contributed by atoms with E-state index in [1.165, 1.54) is 0 Å². The van der Waals surface area contributed by atoms with Crippen LogP contribution >= 0.6 is 0 Å². The van der Waals surface area contributed by atoms with Gasteiger partial charge >= 0.3 is 6.09 Å². The number of ether oxygens (including phenoxy) is 1. The molecular weight excluding hydrogens is 284 g/mol. The van der Waals surface area contributed by atoms with Crippen molar-refractivity contribution in [1.29, 1.82) is 0 Å². The summed E-state index contributed by atoms with van der Waals surface area (Å²) in [5.74, 6) is 0.586. The highest BCUT2D eigenvalue weighted by Gasteiger charge is 2.30. The molecule has 0 saturated carbocycles. The number of piperidine rings is 1. The number of β-amino-alcohol motifs (C(OH)–C–C–N with tert-alkyl or cyclic N) is 1. The van der Waals surface area contributed by atoms with Crippen LogP contribution in [0.4, 0.5) is 4.79 Å². The largest absolute Gasteiger partial charge is 0.444 e. The molecule has 1 unspecified atom stereocenters. The fraction of sp³-hybridized carbons (Fsp3) is 0.875. The molecule has 6 nitrogen and oxygen atoms in total. The molecule has 2 saturated heterocycles. The molecule has 2 aliphatic heterocycles. The smallest absolute Gasteiger partial charge is 0.410 e. The SMILES string of the molecule is CC(C)(C)OC(=O)N1CCC(CCN2CC(O)CC2=O)CC1. The van der Waals surface area contributed by atoms with E-state index in [2.05, 4.69) is 0 Å². The Balaban J connectivity index is 1.69. The summed E-state index contributed by atoms with van der Waals surface area (Å²) in [6.07, 6.45) is 2.37. The average Bonchev–Trinajstić information content (AvgIpc) is 2.73. The van der Waals surface area contributed by atoms with Crippen molar-refractivity contribution in [3.05, 3.63) is 0 Å². The molecule has 1 N–H and O–H groups in total. The maximum Gasteiger partial charge on any atom is 0.410 e. The van der Waals surface area contributed by atoms with E-state index in [0.29, 0.717) is 19.0 Å². The van der Waals surface area contributed by atoms with Crippen LogP contribution < -0.4 is 0 Å². The van der Waals surface area contributed by atoms with Gasteiger partial charge in [0.25, 0.3) is 0 Å². The minimum atomic E-state index is -0.499. The van der Waals surface area contributed by atoms with Gasteiger partial charge in [-0.2, -0.15) is 0 Å². The first kappa shape index (κ1) is 17.1. The predicted molar refractivity (Wildman–Crippen MR) is 82.4 cm³/mol. The molecule has 0 spiro atoms. The molecule has 0 aromatic heterocycles. The normalized spacial score (nSPS) is 24.0. The molecule has 2 heterocycles. The standard InChI is InChI=1S/C16H28N2O4/c1-16(2,3)22-15(21)17-7-4-12(5-8-17)6-9-18-11-13(19)10-14(18)20/h12-13,19H,4-11H2,1-3H3. The summed E-state index contributed by atoms with van der Waals surface area (Å²) >= 11 is 0. The molecule has 1 atom stereocenters. The average molecular weight is 312 g/mol. The second kappa shape index (κ2) is 6.86. The molecule has 0 bridgehead atoms. The van der Waals surface area contributed by atoms with Crippen LogP contribution in [-0.2, 0) is 9.53 Å². The summed E-state index contributed by atoms with van der Waals surface area (Å²) in [5, 5.41) is 9.48. The fourth-order valence-electron chi connectivity index (χ4n) is 3.04. The molecule has 2 amide bonds. The van der Waals surface area contributed by atoms with Gasteiger partial charge in [-0.25, -0.2) is 4.79 Å². The van der Waals surface area contributed by atoms with Crippen molar-refractivity contribution < 1.29 is 19.4 Å². The Kier molecular flexibility index (Phi) is 5.32. The molecule has 0 aliphatic carbocycles. The van der Waals surface area contributed by atoms with Gasteiger partial charge in [0.2, 0.25) is 5.91 Å². The van der Waals surface area contributed by atoms with Crippen LogP contribution in [0.1, 0.15) is 46.5 Å². The highest BCUT2D eigenvalue weighted by molar-refractivity contribution is 5.78. The van der Waals surface area contributed by atoms with E-state index in [1.807, 2.05) is 20.8 Å². The summed E-state index contributed by atoms with van der Waals surface area (Å²) in [4.78, 5) is 27.1. The number of amides is 2. The number of nitrogens with zero attached hydrogens (tertiary/aromatic N) is 2. The van der Waals surface area contributed by atoms with Gasteiger partial charge in [0.1, 0.15) is 5.60 Å². The van der Waals surface area contributed by atoms with Gasteiger partial charge in [-0.1, -0.05) is 0 Å². The van der Waals surface area contributed by atoms with E-state index < -0.39 is 11.7 Å². The van der Waals surface area contributed by atoms with Crippen molar-refractivity contribution >= 4 is 12.0 Å². The fourth-order valence-corrected chi connectivity index (χ4v) is 3.04. The van der Waals surface area contributed by atoms with Gasteiger partial charge in [0, 0.05) is 26.2 Å². The molecule has 0 aromatic carbocycles. The Morgan fingerprint density at radius 2 is 1.95 bits per heavy atom. The topological polar surface area (TPSA) is 70.1 Å². The van der Waals surface area contributed by atoms with Crippen LogP contribution in [0.3, 0.4) is 0 Å². The van der Waals surface area contributed by atoms with Crippen LogP contribution in [0.25, 0.3) is 0 Å². The van der Waals surface area contributed by atoms with Gasteiger partial charge in [-0.05, 0) is 46.0 Å². The Morgan fingerprint density at radius 3 is 2.45 bits per heavy atom. The number of likely N-dealkylation sites (tertiary alicyclic amines) is 2. The molecule has 0 aromatic rings. The van der Waals surface area contributed by atoms with E-state index in [-0.39, 0.29) is 18.4 Å². The third-order valence-corrected chi connectivity index (χ3v) is 4.27. The van der Waals surface area contributed by atoms with Crippen molar-refractivity contribution in [2.24, 2.45) is 5.92 Å². The van der Waals surface area contributed by atoms with Crippen molar-refractivity contribution in [1.82, 2.24) is 9.80 Å². The maximum absolute atomic E-state index is 12.0. The number of aliphatic hydroxyl groups is 1. The van der Waals surface area contributed by atoms with E-state index in [9.17, 15) is 14.7 Å². The van der Waals surface area contributed by atoms with Gasteiger partial charge in [-0.3, -0.25) is 4.79 Å². The summed E-state index contributed by atoms with van der Waals surface area (Å²) in [6, 6.07) is 0. The highest BCUT2D eigenvalue weighted by Crippen LogP contribution is 2.23. The van der Waals surface area contributed by atoms with Gasteiger partial charge in [0.05, 0.1) is 12.5 Å². The molecule has 2 fully saturated rings. The van der Waals surface area contributed by atoms with Crippen molar-refractivity contribution in [2.45, 2.75) is 58.2 Å². The molecule has 6 heteroatoms. The lowest BCUT2D eigenvalue weighted by Gasteiger charge is -2.34. The number of hydrogen-bond acceptors (Lipinski definition) is 4. The minimum Gasteiger partial charge on any atom is -0.444 e. The third-order valence-electron chi connectivity index (χ3n) is 4.27. The first-order chi connectivity index (χ1) is 10.2. The lowest BCUT2D eigenvalue weighted by atomic mass is 9.93. The van der Waals surface area contributed by atoms with Crippen LogP contribution in [0, 0.1) is 5.92 Å². The quantitative estimate of drug-likeness (QED) is 0.859. The second-order valence-corrected chi connectivity index (χ2v) is 7.40. The second-order valence-electron chi connectivity index (χ2n) is 7.40. The number of hydrogen-bond donors (Lipinski definition) is 1. The first-order valence-corrected chi connectivity index (χ1v) is 8.18. The molecule has 2 rings (SSSR count). The van der Waals surface area contributed by atoms with Crippen molar-refractivity contribution in [3.8, 4) is 0 Å². The van der Waals surface area contributed by atoms with Crippen LogP contribution in [0.5, 0.6) is 0 Å². The summed E-state index contributed by atoms with van der Waals surface area (Å²) in [7, 11) is 0. The molecular formula is C16H28N2O4. The minimum absolute atomic E-state index is 0.0543. The zero-order chi connectivity index (χ0) is 16.3. The van der Waals surface area contributed by atoms with E-state index in [1.54, 1.807) is 9.80 Å². The number of rotatable bonds is 3. The Bertz CT molecular complexity index is 411. The first-order valence-electron chi connectivity index (χ1n) is 8.18.